The molecule has 0 radical (unpaired) electrons. The molecule has 5 rings (SSSR count). The van der Waals surface area contributed by atoms with E-state index in [0.717, 1.165) is 46.0 Å². The summed E-state index contributed by atoms with van der Waals surface area (Å²) in [7, 11) is -0.127. The second-order valence-electron chi connectivity index (χ2n) is 9.62. The van der Waals surface area contributed by atoms with Crippen molar-refractivity contribution in [3.05, 3.63) is 79.1 Å². The minimum Gasteiger partial charge on any atom is -0.692 e. The first-order valence-corrected chi connectivity index (χ1v) is 19.3. The lowest BCUT2D eigenvalue weighted by Gasteiger charge is -2.22. The van der Waals surface area contributed by atoms with Gasteiger partial charge in [-0.1, -0.05) is 0 Å². The summed E-state index contributed by atoms with van der Waals surface area (Å²) in [5.74, 6) is -2.18. The van der Waals surface area contributed by atoms with Gasteiger partial charge in [-0.3, -0.25) is 48.3 Å². The van der Waals surface area contributed by atoms with Gasteiger partial charge in [0.25, 0.3) is 0 Å². The topological polar surface area (TPSA) is 217 Å². The van der Waals surface area contributed by atoms with Gasteiger partial charge in [-0.05, 0) is 63.3 Å². The Bertz CT molecular complexity index is 1990. The summed E-state index contributed by atoms with van der Waals surface area (Å²) < 4.78 is 24.2. The Kier molecular flexibility index (Phi) is 24.1. The highest BCUT2D eigenvalue weighted by molar-refractivity contribution is 9.10. The summed E-state index contributed by atoms with van der Waals surface area (Å²) >= 11 is 7.94. The number of halogens is 2. The lowest BCUT2D eigenvalue weighted by Crippen LogP contribution is -2.38. The number of pyridine rings is 2. The van der Waals surface area contributed by atoms with Crippen LogP contribution in [-0.2, 0) is 33.1 Å². The van der Waals surface area contributed by atoms with E-state index < -0.39 is 25.1 Å². The molecule has 21 heteroatoms. The summed E-state index contributed by atoms with van der Waals surface area (Å²) in [6.45, 7) is 5.46. The number of fused-ring (bicyclic) bond motifs is 2. The number of carbonyl (C=O) groups excluding carboxylic acids is 6. The van der Waals surface area contributed by atoms with Crippen LogP contribution in [0.1, 0.15) is 68.7 Å². The fourth-order valence-corrected chi connectivity index (χ4v) is 7.83. The second-order valence-corrected chi connectivity index (χ2v) is 15.6. The molecule has 0 aliphatic rings. The van der Waals surface area contributed by atoms with Crippen LogP contribution < -0.4 is 10.6 Å². The average Bonchev–Trinajstić information content (AvgIpc) is 3.90. The number of thiophene rings is 3. The van der Waals surface area contributed by atoms with Crippen LogP contribution >= 0.6 is 74.5 Å². The lowest BCUT2D eigenvalue weighted by atomic mass is 10.2. The van der Waals surface area contributed by atoms with E-state index in [1.165, 1.54) is 39.0 Å². The highest BCUT2D eigenvalue weighted by atomic mass is 79.9. The monoisotopic (exact) mass is 938 g/mol. The van der Waals surface area contributed by atoms with Crippen molar-refractivity contribution in [1.82, 2.24) is 15.3 Å². The van der Waals surface area contributed by atoms with Gasteiger partial charge in [0, 0.05) is 68.2 Å². The molecule has 0 saturated heterocycles. The van der Waals surface area contributed by atoms with Crippen LogP contribution in [0, 0.1) is 0 Å². The maximum absolute atomic E-state index is 11.7. The van der Waals surface area contributed by atoms with Crippen LogP contribution in [0.15, 0.2) is 57.3 Å². The van der Waals surface area contributed by atoms with E-state index in [0.29, 0.717) is 34.4 Å². The zero-order chi connectivity index (χ0) is 39.4. The zero-order valence-corrected chi connectivity index (χ0v) is 35.8. The first-order valence-electron chi connectivity index (χ1n) is 14.3. The number of aldehydes is 2. The van der Waals surface area contributed by atoms with Crippen molar-refractivity contribution in [2.45, 2.75) is 33.5 Å². The Morgan fingerprint density at radius 2 is 1.42 bits per heavy atom. The Labute approximate surface area is 335 Å². The predicted molar refractivity (Wildman–Crippen MR) is 210 cm³/mol. The molecule has 5 aromatic heterocycles. The van der Waals surface area contributed by atoms with E-state index >= 15 is 0 Å². The molecule has 0 aliphatic carbocycles. The molecule has 1 unspecified atom stereocenters. The Morgan fingerprint density at radius 1 is 0.868 bits per heavy atom. The van der Waals surface area contributed by atoms with E-state index in [1.807, 2.05) is 29.0 Å². The van der Waals surface area contributed by atoms with Crippen molar-refractivity contribution >= 4 is 131 Å². The normalized spacial score (nSPS) is 10.6. The van der Waals surface area contributed by atoms with Gasteiger partial charge in [0.2, 0.25) is 5.91 Å². The van der Waals surface area contributed by atoms with E-state index in [2.05, 4.69) is 50.2 Å². The molecular formula is C32H35Br2N3O12PS3-. The molecule has 1 atom stereocenters. The summed E-state index contributed by atoms with van der Waals surface area (Å²) in [5.41, 5.74) is 1.54. The Morgan fingerprint density at radius 3 is 1.87 bits per heavy atom. The minimum absolute atomic E-state index is 0. The van der Waals surface area contributed by atoms with Gasteiger partial charge in [0.1, 0.15) is 11.4 Å². The summed E-state index contributed by atoms with van der Waals surface area (Å²) in [4.78, 5) is 76.1. The summed E-state index contributed by atoms with van der Waals surface area (Å²) in [6, 6.07) is 7.27. The quantitative estimate of drug-likeness (QED) is 0.0487. The van der Waals surface area contributed by atoms with Crippen molar-refractivity contribution in [1.29, 1.82) is 0 Å². The van der Waals surface area contributed by atoms with Crippen molar-refractivity contribution in [3.63, 3.8) is 0 Å². The number of carbonyl (C=O) groups is 6. The van der Waals surface area contributed by atoms with Crippen LogP contribution in [0.25, 0.3) is 20.2 Å². The van der Waals surface area contributed by atoms with Crippen LogP contribution in [-0.4, -0.2) is 72.9 Å². The standard InChI is InChI=1S/C9H6BrNOS.C9H7NOS.C7H14NO5P.C6H4O2S.CH4O3.BrH/c1-5(12)8-2-6-7(10)4-13-9(6)3-11-8;1-6(11)8-4-7-2-3-12-9(7)5-10-8;1-5(9)7(8-6(2)10)14(11,12-3)13-4;7-3-5-1-2-9-6(5)4-8;1-3-4-2;/h2-4H,1H3;2-5H,1H3;7H,1-4H3,(H,8,10);1-4H;2H,1H3;1H/p-1. The van der Waals surface area contributed by atoms with Gasteiger partial charge in [-0.15, -0.1) is 51.0 Å². The molecule has 5 heterocycles. The Hall–Kier alpha value is -3.27. The van der Waals surface area contributed by atoms with Crippen molar-refractivity contribution in [2.24, 2.45) is 0 Å². The summed E-state index contributed by atoms with van der Waals surface area (Å²) in [5, 5.41) is 21.5. The largest absolute Gasteiger partial charge is 0.692 e. The van der Waals surface area contributed by atoms with Gasteiger partial charge in [-0.2, -0.15) is 0 Å². The number of hydrogen-bond acceptors (Lipinski definition) is 17. The SMILES string of the molecule is Br.CC(=O)c1cc2c(Br)csc2cn1.CC(=O)c1cc2ccsc2cn1.COO[O-].COP(=O)(OC)C(NC(C)=O)C(C)=O.O=Cc1ccsc1C=O. The first-order chi connectivity index (χ1) is 24.6. The van der Waals surface area contributed by atoms with Crippen molar-refractivity contribution in [2.75, 3.05) is 21.3 Å². The number of hydrogen-bond donors (Lipinski definition) is 1. The molecular weight excluding hydrogens is 905 g/mol. The highest BCUT2D eigenvalue weighted by Gasteiger charge is 2.38. The maximum atomic E-state index is 11.7. The maximum Gasteiger partial charge on any atom is 0.359 e. The zero-order valence-electron chi connectivity index (χ0n) is 29.2. The molecule has 1 N–H and O–H groups in total. The third-order valence-electron chi connectivity index (χ3n) is 6.06. The van der Waals surface area contributed by atoms with Gasteiger partial charge in [-0.25, -0.2) is 4.89 Å². The van der Waals surface area contributed by atoms with Gasteiger partial charge in [0.05, 0.1) is 21.4 Å². The molecule has 0 saturated carbocycles. The molecule has 288 valence electrons. The van der Waals surface area contributed by atoms with E-state index in [9.17, 15) is 33.3 Å². The van der Waals surface area contributed by atoms with E-state index in [1.54, 1.807) is 46.5 Å². The Balaban J connectivity index is 0.000000658. The molecule has 0 spiro atoms. The molecule has 15 nitrogen and oxygen atoms in total. The number of ketones is 3. The van der Waals surface area contributed by atoms with Crippen LogP contribution in [0.4, 0.5) is 0 Å². The van der Waals surface area contributed by atoms with Crippen molar-refractivity contribution in [3.8, 4) is 0 Å². The first kappa shape index (κ1) is 49.7. The predicted octanol–water partition coefficient (Wildman–Crippen LogP) is 7.07. The summed E-state index contributed by atoms with van der Waals surface area (Å²) in [6.07, 6.45) is 4.85. The lowest BCUT2D eigenvalue weighted by molar-refractivity contribution is -0.796. The van der Waals surface area contributed by atoms with Gasteiger partial charge >= 0.3 is 7.60 Å². The molecule has 0 aliphatic heterocycles. The number of aromatic nitrogens is 2. The van der Waals surface area contributed by atoms with Crippen LogP contribution in [0.3, 0.4) is 0 Å². The van der Waals surface area contributed by atoms with Crippen LogP contribution in [0.2, 0.25) is 0 Å². The number of Topliss-reactive ketones (excluding diaryl/α,β-unsaturated/α-hetero) is 3. The molecule has 0 fully saturated rings. The molecule has 53 heavy (non-hydrogen) atoms. The third-order valence-corrected chi connectivity index (χ3v) is 11.8. The fourth-order valence-electron chi connectivity index (χ4n) is 3.56. The fraction of sp³-hybridized carbons (Fsp3) is 0.250. The molecule has 0 bridgehead atoms. The number of nitrogens with one attached hydrogen (secondary N) is 1. The van der Waals surface area contributed by atoms with Gasteiger partial charge in [0.15, 0.2) is 35.7 Å². The number of nitrogens with zero attached hydrogens (tertiary/aromatic N) is 2. The molecule has 1 amide bonds. The molecule has 0 aromatic carbocycles. The third kappa shape index (κ3) is 16.3. The average molecular weight is 941 g/mol. The van der Waals surface area contributed by atoms with Gasteiger partial charge < -0.3 is 19.6 Å². The second kappa shape index (κ2) is 25.7. The molecule has 5 aromatic rings. The van der Waals surface area contributed by atoms with Crippen molar-refractivity contribution < 1.29 is 57.6 Å². The minimum atomic E-state index is -3.58. The highest BCUT2D eigenvalue weighted by Crippen LogP contribution is 2.50. The van der Waals surface area contributed by atoms with Crippen LogP contribution in [0.5, 0.6) is 0 Å². The van der Waals surface area contributed by atoms with E-state index in [4.69, 9.17) is 5.26 Å². The van der Waals surface area contributed by atoms with E-state index in [-0.39, 0.29) is 28.5 Å². The number of amides is 1. The smallest absolute Gasteiger partial charge is 0.359 e. The number of rotatable bonds is 10.